The number of thiazole rings is 1. The van der Waals surface area contributed by atoms with E-state index in [0.717, 1.165) is 54.9 Å². The fourth-order valence-electron chi connectivity index (χ4n) is 9.71. The first-order chi connectivity index (χ1) is 35.6. The monoisotopic (exact) mass is 1090 g/mol. The number of nitrogens with one attached hydrogen (secondary N) is 3. The number of hydrogen-bond acceptors (Lipinski definition) is 15. The standard InChI is InChI=1S/C53H69ClFN11O7S2/c1-31-44(74-30-60-31)33-9-10-34(26-58-47(70)37-24-35(67)28-66(37)49(71)45(51(2,3)4)63-50(72)53(55)14-15-53)38(23-33)73-22-13-32-11-18-65(19-12-32)42(69)25-41(68)61-36-7-6-8-39(43(36)54)75-48-46(57)62-40(27-59-48)64-20-16-52(5,29-56)17-21-64/h6-10,23,27,30,32,35,37,45,67H,11-22,24-26,28-29,56H2,1-5H3,(H2,57,62)(H,58,70)(H,61,68)(H,63,72)/t35?,37?,45-/m1/s1. The molecule has 0 spiro atoms. The Morgan fingerprint density at radius 3 is 2.44 bits per heavy atom. The van der Waals surface area contributed by atoms with Crippen LogP contribution in [-0.4, -0.2) is 129 Å². The van der Waals surface area contributed by atoms with Gasteiger partial charge in [-0.2, -0.15) is 0 Å². The number of benzene rings is 2. The van der Waals surface area contributed by atoms with Gasteiger partial charge in [-0.1, -0.05) is 69.3 Å². The van der Waals surface area contributed by atoms with Gasteiger partial charge in [-0.3, -0.25) is 24.0 Å². The molecule has 0 radical (unpaired) electrons. The average molecular weight is 1090 g/mol. The number of aryl methyl sites for hydroxylation is 1. The third kappa shape index (κ3) is 13.5. The van der Waals surface area contributed by atoms with Crippen LogP contribution in [0.3, 0.4) is 0 Å². The number of alkyl halides is 1. The molecule has 3 atom stereocenters. The Morgan fingerprint density at radius 1 is 1.05 bits per heavy atom. The Balaban J connectivity index is 0.820. The molecule has 2 unspecified atom stereocenters. The van der Waals surface area contributed by atoms with Crippen molar-refractivity contribution in [1.82, 2.24) is 35.4 Å². The van der Waals surface area contributed by atoms with Crippen molar-refractivity contribution < 1.29 is 38.2 Å². The van der Waals surface area contributed by atoms with Gasteiger partial charge < -0.3 is 52.0 Å². The number of likely N-dealkylation sites (tertiary alicyclic amines) is 2. The lowest BCUT2D eigenvalue weighted by Crippen LogP contribution is -2.59. The molecule has 1 aliphatic carbocycles. The van der Waals surface area contributed by atoms with Gasteiger partial charge in [0.1, 0.15) is 35.1 Å². The van der Waals surface area contributed by atoms with E-state index in [9.17, 15) is 33.5 Å². The van der Waals surface area contributed by atoms with Gasteiger partial charge in [0.2, 0.25) is 23.6 Å². The van der Waals surface area contributed by atoms with E-state index in [1.54, 1.807) is 55.6 Å². The molecule has 22 heteroatoms. The molecule has 4 aromatic rings. The molecule has 404 valence electrons. The third-order valence-corrected chi connectivity index (χ3v) is 17.5. The summed E-state index contributed by atoms with van der Waals surface area (Å²) in [5, 5.41) is 19.8. The average Bonchev–Trinajstić information content (AvgIpc) is 3.79. The number of β-amino-alcohol motifs (C(OH)–C–C–N with tert-alkyl or cyclic N) is 1. The Hall–Kier alpha value is -5.61. The summed E-state index contributed by atoms with van der Waals surface area (Å²) in [6, 6.07) is 8.86. The minimum atomic E-state index is -1.99. The minimum absolute atomic E-state index is 0.00246. The van der Waals surface area contributed by atoms with Crippen LogP contribution in [0.5, 0.6) is 5.75 Å². The molecule has 75 heavy (non-hydrogen) atoms. The topological polar surface area (TPSA) is 251 Å². The second-order valence-corrected chi connectivity index (χ2v) is 24.0. The Labute approximate surface area is 450 Å². The highest BCUT2D eigenvalue weighted by molar-refractivity contribution is 7.99. The molecular weight excluding hydrogens is 1020 g/mol. The second-order valence-electron chi connectivity index (χ2n) is 21.8. The molecule has 18 nitrogen and oxygen atoms in total. The molecule has 2 aromatic heterocycles. The number of nitrogens with zero attached hydrogens (tertiary/aromatic N) is 6. The summed E-state index contributed by atoms with van der Waals surface area (Å²) in [6.45, 7) is 13.0. The number of aromatic nitrogens is 3. The summed E-state index contributed by atoms with van der Waals surface area (Å²) in [6.07, 6.45) is 4.65. The maximum atomic E-state index is 14.7. The molecule has 8 N–H and O–H groups in total. The molecule has 4 fully saturated rings. The number of carbonyl (C=O) groups excluding carboxylic acids is 5. The number of nitrogens with two attached hydrogens (primary N) is 2. The van der Waals surface area contributed by atoms with Gasteiger partial charge in [-0.15, -0.1) is 11.3 Å². The number of aliphatic hydroxyl groups excluding tert-OH is 1. The number of amides is 5. The lowest BCUT2D eigenvalue weighted by molar-refractivity contribution is -0.145. The number of piperidine rings is 2. The fourth-order valence-corrected chi connectivity index (χ4v) is 11.6. The van der Waals surface area contributed by atoms with Crippen molar-refractivity contribution in [1.29, 1.82) is 0 Å². The molecule has 5 heterocycles. The van der Waals surface area contributed by atoms with E-state index >= 15 is 0 Å². The van der Waals surface area contributed by atoms with E-state index in [4.69, 9.17) is 27.8 Å². The predicted molar refractivity (Wildman–Crippen MR) is 288 cm³/mol. The van der Waals surface area contributed by atoms with Crippen molar-refractivity contribution in [2.75, 3.05) is 61.8 Å². The number of rotatable bonds is 18. The summed E-state index contributed by atoms with van der Waals surface area (Å²) in [4.78, 5) is 87.6. The zero-order chi connectivity index (χ0) is 53.8. The van der Waals surface area contributed by atoms with E-state index in [-0.39, 0.29) is 61.8 Å². The smallest absolute Gasteiger partial charge is 0.258 e. The largest absolute Gasteiger partial charge is 0.493 e. The number of aliphatic hydroxyl groups is 1. The number of hydrogen-bond donors (Lipinski definition) is 6. The van der Waals surface area contributed by atoms with Crippen molar-refractivity contribution >= 4 is 81.6 Å². The zero-order valence-corrected chi connectivity index (χ0v) is 45.6. The van der Waals surface area contributed by atoms with Crippen molar-refractivity contribution in [2.45, 2.75) is 133 Å². The zero-order valence-electron chi connectivity index (χ0n) is 43.3. The van der Waals surface area contributed by atoms with E-state index in [1.165, 1.54) is 28.0 Å². The number of anilines is 3. The first kappa shape index (κ1) is 55.6. The molecule has 3 aliphatic heterocycles. The number of nitrogen functional groups attached to an aromatic ring is 1. The highest BCUT2D eigenvalue weighted by atomic mass is 35.5. The van der Waals surface area contributed by atoms with E-state index < -0.39 is 52.9 Å². The van der Waals surface area contributed by atoms with Crippen LogP contribution in [0, 0.1) is 23.7 Å². The lowest BCUT2D eigenvalue weighted by Gasteiger charge is -2.39. The van der Waals surface area contributed by atoms with Crippen molar-refractivity contribution in [3.05, 3.63) is 64.4 Å². The summed E-state index contributed by atoms with van der Waals surface area (Å²) in [7, 11) is 0. The first-order valence-corrected chi connectivity index (χ1v) is 27.7. The number of carbonyl (C=O) groups is 5. The second kappa shape index (κ2) is 23.3. The van der Waals surface area contributed by atoms with Crippen LogP contribution in [-0.2, 0) is 30.5 Å². The van der Waals surface area contributed by atoms with Gasteiger partial charge in [0.15, 0.2) is 11.5 Å². The van der Waals surface area contributed by atoms with Crippen LogP contribution in [0.25, 0.3) is 10.4 Å². The molecule has 8 rings (SSSR count). The molecule has 0 bridgehead atoms. The Morgan fingerprint density at radius 2 is 1.79 bits per heavy atom. The van der Waals surface area contributed by atoms with Crippen LogP contribution in [0.2, 0.25) is 5.02 Å². The van der Waals surface area contributed by atoms with E-state index in [1.807, 2.05) is 25.1 Å². The highest BCUT2D eigenvalue weighted by Crippen LogP contribution is 2.42. The number of ether oxygens (including phenoxy) is 1. The van der Waals surface area contributed by atoms with Crippen LogP contribution in [0.1, 0.15) is 96.7 Å². The summed E-state index contributed by atoms with van der Waals surface area (Å²) in [5.41, 5.74) is 14.3. The van der Waals surface area contributed by atoms with Gasteiger partial charge in [0.25, 0.3) is 5.91 Å². The van der Waals surface area contributed by atoms with E-state index in [2.05, 4.69) is 42.7 Å². The molecular formula is C53H69ClFN11O7S2. The van der Waals surface area contributed by atoms with Crippen LogP contribution >= 0.6 is 34.7 Å². The highest BCUT2D eigenvalue weighted by Gasteiger charge is 2.53. The van der Waals surface area contributed by atoms with Gasteiger partial charge in [0.05, 0.1) is 45.7 Å². The molecule has 1 saturated carbocycles. The summed E-state index contributed by atoms with van der Waals surface area (Å²) in [5.74, 6) is -0.844. The van der Waals surface area contributed by atoms with Crippen molar-refractivity contribution in [3.63, 3.8) is 0 Å². The first-order valence-electron chi connectivity index (χ1n) is 25.7. The molecule has 3 saturated heterocycles. The fraction of sp³-hybridized carbons (Fsp3) is 0.547. The Kier molecular flexibility index (Phi) is 17.3. The van der Waals surface area contributed by atoms with Crippen LogP contribution in [0.4, 0.5) is 21.7 Å². The number of halogens is 2. The minimum Gasteiger partial charge on any atom is -0.493 e. The van der Waals surface area contributed by atoms with Gasteiger partial charge in [-0.05, 0) is 98.9 Å². The quantitative estimate of drug-likeness (QED) is 0.0582. The maximum Gasteiger partial charge on any atom is 0.258 e. The molecule has 5 amide bonds. The van der Waals surface area contributed by atoms with Gasteiger partial charge >= 0.3 is 0 Å². The Bertz CT molecular complexity index is 2760. The lowest BCUT2D eigenvalue weighted by atomic mass is 9.80. The van der Waals surface area contributed by atoms with Crippen molar-refractivity contribution in [3.8, 4) is 16.2 Å². The maximum absolute atomic E-state index is 14.7. The normalized spacial score (nSPS) is 19.8. The summed E-state index contributed by atoms with van der Waals surface area (Å²) < 4.78 is 21.2. The third-order valence-electron chi connectivity index (χ3n) is 14.9. The van der Waals surface area contributed by atoms with E-state index in [0.29, 0.717) is 70.4 Å². The van der Waals surface area contributed by atoms with Gasteiger partial charge in [0, 0.05) is 56.1 Å². The van der Waals surface area contributed by atoms with Crippen molar-refractivity contribution in [2.24, 2.45) is 22.5 Å². The van der Waals surface area contributed by atoms with Crippen LogP contribution < -0.4 is 37.1 Å². The summed E-state index contributed by atoms with van der Waals surface area (Å²) >= 11 is 9.53. The van der Waals surface area contributed by atoms with Crippen LogP contribution in [0.15, 0.2) is 58.0 Å². The molecule has 4 aliphatic rings. The SMILES string of the molecule is Cc1ncsc1-c1ccc(CNC(=O)C2CC(O)CN2C(=O)[C@@H](NC(=O)C2(F)CC2)C(C)(C)C)c(OCCC2CCN(C(=O)CC(=O)Nc3cccc(Sc4ncc(N5CCC(C)(CN)CC5)nc4N)c3Cl)CC2)c1. The van der Waals surface area contributed by atoms with Gasteiger partial charge in [-0.25, -0.2) is 19.3 Å². The molecule has 2 aromatic carbocycles. The predicted octanol–water partition coefficient (Wildman–Crippen LogP) is 6.51.